The summed E-state index contributed by atoms with van der Waals surface area (Å²) in [4.78, 5) is 44.4. The Labute approximate surface area is 160 Å². The number of amides is 1. The molecule has 0 spiro atoms. The van der Waals surface area contributed by atoms with Gasteiger partial charge in [0.05, 0.1) is 0 Å². The lowest BCUT2D eigenvalue weighted by Gasteiger charge is -2.36. The quantitative estimate of drug-likeness (QED) is 0.417. The Balaban J connectivity index is 2.13. The highest BCUT2D eigenvalue weighted by Gasteiger charge is 2.48. The second-order valence-corrected chi connectivity index (χ2v) is 7.70. The molecule has 2 N–H and O–H groups in total. The van der Waals surface area contributed by atoms with Gasteiger partial charge in [0.1, 0.15) is 11.3 Å². The topological polar surface area (TPSA) is 136 Å². The van der Waals surface area contributed by atoms with Gasteiger partial charge in [0, 0.05) is 18.2 Å². The highest BCUT2D eigenvalue weighted by atomic mass is 32.1. The molecule has 0 aliphatic heterocycles. The molecule has 0 atom stereocenters. The minimum absolute atomic E-state index is 0.0158. The van der Waals surface area contributed by atoms with E-state index in [1.54, 1.807) is 20.8 Å². The van der Waals surface area contributed by atoms with Gasteiger partial charge < -0.3 is 19.3 Å². The molecule has 1 amide bonds. The minimum Gasteiger partial charge on any atom is -0.540 e. The van der Waals surface area contributed by atoms with E-state index in [0.717, 1.165) is 17.8 Å². The van der Waals surface area contributed by atoms with Gasteiger partial charge in [-0.25, -0.2) is 19.4 Å². The van der Waals surface area contributed by atoms with Crippen molar-refractivity contribution < 1.29 is 33.7 Å². The molecule has 1 fully saturated rings. The van der Waals surface area contributed by atoms with E-state index in [1.807, 2.05) is 0 Å². The van der Waals surface area contributed by atoms with Gasteiger partial charge >= 0.3 is 26.1 Å². The smallest absolute Gasteiger partial charge is 0.413 e. The Morgan fingerprint density at radius 3 is 2.52 bits per heavy atom. The molecular formula is C15H20BN3O7S. The molecule has 146 valence electrons. The number of carbonyl (C=O) groups excluding carboxylic acids is 2. The highest BCUT2D eigenvalue weighted by Crippen LogP contribution is 2.37. The molecule has 1 saturated carbocycles. The average molecular weight is 397 g/mol. The molecule has 0 aromatic carbocycles. The van der Waals surface area contributed by atoms with Crippen LogP contribution in [-0.4, -0.2) is 53.1 Å². The summed E-state index contributed by atoms with van der Waals surface area (Å²) in [6.07, 6.45) is 0.803. The summed E-state index contributed by atoms with van der Waals surface area (Å²) in [6.45, 7) is 5.14. The summed E-state index contributed by atoms with van der Waals surface area (Å²) >= 11 is 0.999. The highest BCUT2D eigenvalue weighted by molar-refractivity contribution is 7.14. The standard InChI is InChI=1S/C15H20BN3O7S/c1-14(2,3)24-13(23)18-12-17-8(7-27-12)9(10(20)21)19-26-15(5-4-6-15)11(22)25-16/h7H,4-6,16H2,1-3H3,(H,20,21)(H,17,18,23)/b19-9-. The third-order valence-electron chi connectivity index (χ3n) is 3.59. The molecule has 0 saturated heterocycles. The number of nitrogens with one attached hydrogen (secondary N) is 1. The molecule has 27 heavy (non-hydrogen) atoms. The van der Waals surface area contributed by atoms with E-state index in [-0.39, 0.29) is 10.8 Å². The summed E-state index contributed by atoms with van der Waals surface area (Å²) in [5.74, 6) is -1.99. The number of rotatable bonds is 6. The Morgan fingerprint density at radius 2 is 2.04 bits per heavy atom. The molecule has 1 aliphatic rings. The number of anilines is 1. The number of carboxylic acid groups (broad SMARTS) is 1. The zero-order chi connectivity index (χ0) is 20.2. The number of ether oxygens (including phenoxy) is 1. The van der Waals surface area contributed by atoms with E-state index in [1.165, 1.54) is 13.4 Å². The molecule has 0 unspecified atom stereocenters. The molecule has 0 radical (unpaired) electrons. The third kappa shape index (κ3) is 5.19. The number of aromatic nitrogens is 1. The number of nitrogens with zero attached hydrogens (tertiary/aromatic N) is 2. The molecule has 12 heteroatoms. The van der Waals surface area contributed by atoms with Crippen molar-refractivity contribution in [2.45, 2.75) is 51.2 Å². The third-order valence-corrected chi connectivity index (χ3v) is 4.35. The molecular weight excluding hydrogens is 377 g/mol. The van der Waals surface area contributed by atoms with Crippen molar-refractivity contribution in [3.05, 3.63) is 11.1 Å². The molecule has 1 aromatic rings. The molecule has 2 rings (SSSR count). The summed E-state index contributed by atoms with van der Waals surface area (Å²) in [7, 11) is 1.22. The largest absolute Gasteiger partial charge is 0.540 e. The van der Waals surface area contributed by atoms with Gasteiger partial charge in [-0.2, -0.15) is 0 Å². The van der Waals surface area contributed by atoms with Crippen LogP contribution >= 0.6 is 11.3 Å². The maximum absolute atomic E-state index is 11.8. The van der Waals surface area contributed by atoms with Crippen LogP contribution in [0.2, 0.25) is 0 Å². The first-order chi connectivity index (χ1) is 12.6. The van der Waals surface area contributed by atoms with Crippen molar-refractivity contribution in [2.75, 3.05) is 5.32 Å². The van der Waals surface area contributed by atoms with Gasteiger partial charge in [0.25, 0.3) is 0 Å². The lowest BCUT2D eigenvalue weighted by molar-refractivity contribution is -0.175. The number of hydrogen-bond donors (Lipinski definition) is 2. The number of oxime groups is 1. The second kappa shape index (κ2) is 7.95. The van der Waals surface area contributed by atoms with Crippen LogP contribution < -0.4 is 5.32 Å². The molecule has 0 bridgehead atoms. The van der Waals surface area contributed by atoms with Crippen LogP contribution in [0, 0.1) is 0 Å². The number of carboxylic acids is 1. The first-order valence-corrected chi connectivity index (χ1v) is 8.98. The predicted octanol–water partition coefficient (Wildman–Crippen LogP) is 1.31. The van der Waals surface area contributed by atoms with Gasteiger partial charge in [0.15, 0.2) is 5.13 Å². The van der Waals surface area contributed by atoms with Crippen LogP contribution in [0.15, 0.2) is 10.5 Å². The number of thiazole rings is 1. The van der Waals surface area contributed by atoms with Crippen molar-refractivity contribution in [3.63, 3.8) is 0 Å². The minimum atomic E-state index is -1.39. The van der Waals surface area contributed by atoms with E-state index in [4.69, 9.17) is 9.57 Å². The summed E-state index contributed by atoms with van der Waals surface area (Å²) in [6, 6.07) is 0. The monoisotopic (exact) mass is 397 g/mol. The van der Waals surface area contributed by atoms with E-state index in [0.29, 0.717) is 12.8 Å². The fraction of sp³-hybridized carbons (Fsp3) is 0.533. The Kier molecular flexibility index (Phi) is 6.09. The fourth-order valence-corrected chi connectivity index (χ4v) is 2.86. The van der Waals surface area contributed by atoms with E-state index in [9.17, 15) is 19.5 Å². The Morgan fingerprint density at radius 1 is 1.37 bits per heavy atom. The summed E-state index contributed by atoms with van der Waals surface area (Å²) < 4.78 is 9.79. The van der Waals surface area contributed by atoms with Crippen molar-refractivity contribution in [2.24, 2.45) is 5.16 Å². The van der Waals surface area contributed by atoms with Gasteiger partial charge in [-0.3, -0.25) is 5.32 Å². The fourth-order valence-electron chi connectivity index (χ4n) is 2.18. The van der Waals surface area contributed by atoms with Crippen LogP contribution in [0.1, 0.15) is 45.7 Å². The van der Waals surface area contributed by atoms with Crippen molar-refractivity contribution >= 4 is 48.3 Å². The Hall–Kier alpha value is -2.63. The lowest BCUT2D eigenvalue weighted by Crippen LogP contribution is -2.48. The van der Waals surface area contributed by atoms with Crippen LogP contribution in [0.5, 0.6) is 0 Å². The second-order valence-electron chi connectivity index (χ2n) is 6.84. The summed E-state index contributed by atoms with van der Waals surface area (Å²) in [5.41, 5.74) is -2.45. The molecule has 1 aliphatic carbocycles. The van der Waals surface area contributed by atoms with Crippen LogP contribution in [0.4, 0.5) is 9.93 Å². The van der Waals surface area contributed by atoms with Crippen LogP contribution in [0.25, 0.3) is 0 Å². The number of aliphatic carboxylic acids is 1. The van der Waals surface area contributed by atoms with Crippen LogP contribution in [-0.2, 0) is 23.8 Å². The maximum Gasteiger partial charge on any atom is 0.413 e. The first-order valence-electron chi connectivity index (χ1n) is 8.10. The van der Waals surface area contributed by atoms with Crippen LogP contribution in [0.3, 0.4) is 0 Å². The SMILES string of the molecule is BOC(=O)C1(O/N=C(\C(=O)O)c2csc(NC(=O)OC(C)(C)C)n2)CCC1. The average Bonchev–Trinajstić information content (AvgIpc) is 2.94. The van der Waals surface area contributed by atoms with Gasteiger partial charge in [-0.05, 0) is 27.2 Å². The van der Waals surface area contributed by atoms with Gasteiger partial charge in [-0.15, -0.1) is 11.3 Å². The predicted molar refractivity (Wildman–Crippen MR) is 98.4 cm³/mol. The molecule has 1 heterocycles. The molecule has 10 nitrogen and oxygen atoms in total. The first kappa shape index (κ1) is 20.7. The zero-order valence-corrected chi connectivity index (χ0v) is 16.2. The van der Waals surface area contributed by atoms with E-state index >= 15 is 0 Å². The van der Waals surface area contributed by atoms with E-state index in [2.05, 4.69) is 20.1 Å². The van der Waals surface area contributed by atoms with Crippen molar-refractivity contribution in [1.82, 2.24) is 4.98 Å². The van der Waals surface area contributed by atoms with Gasteiger partial charge in [0.2, 0.25) is 11.3 Å². The molecule has 1 aromatic heterocycles. The number of carbonyl (C=O) groups is 3. The normalized spacial score (nSPS) is 16.0. The van der Waals surface area contributed by atoms with E-state index < -0.39 is 34.9 Å². The lowest BCUT2D eigenvalue weighted by atomic mass is 9.80. The number of hydrogen-bond acceptors (Lipinski definition) is 9. The Bertz CT molecular complexity index is 768. The van der Waals surface area contributed by atoms with Crippen molar-refractivity contribution in [1.29, 1.82) is 0 Å². The summed E-state index contributed by atoms with van der Waals surface area (Å²) in [5, 5.41) is 17.0. The van der Waals surface area contributed by atoms with Crippen molar-refractivity contribution in [3.8, 4) is 0 Å². The van der Waals surface area contributed by atoms with Gasteiger partial charge in [-0.1, -0.05) is 5.16 Å². The maximum atomic E-state index is 11.8. The zero-order valence-electron chi connectivity index (χ0n) is 15.4.